The van der Waals surface area contributed by atoms with Gasteiger partial charge in [0.25, 0.3) is 11.8 Å². The Bertz CT molecular complexity index is 1030. The maximum atomic E-state index is 13.1. The number of hydrogen-bond donors (Lipinski definition) is 1. The van der Waals surface area contributed by atoms with E-state index in [4.69, 9.17) is 18.7 Å². The minimum Gasteiger partial charge on any atom is -0.490 e. The summed E-state index contributed by atoms with van der Waals surface area (Å²) in [5.74, 6) is 2.69. The molecule has 0 bridgehead atoms. The molecule has 2 aromatic heterocycles. The molecule has 31 heavy (non-hydrogen) atoms. The average Bonchev–Trinajstić information content (AvgIpc) is 3.31. The van der Waals surface area contributed by atoms with Gasteiger partial charge in [0.05, 0.1) is 25.5 Å². The number of rotatable bonds is 10. The van der Waals surface area contributed by atoms with Crippen molar-refractivity contribution in [3.05, 3.63) is 35.0 Å². The van der Waals surface area contributed by atoms with E-state index in [9.17, 15) is 4.79 Å². The second-order valence-electron chi connectivity index (χ2n) is 6.95. The summed E-state index contributed by atoms with van der Waals surface area (Å²) < 4.78 is 22.6. The summed E-state index contributed by atoms with van der Waals surface area (Å²) >= 11 is 1.44. The molecule has 0 unspecified atom stereocenters. The minimum atomic E-state index is -0.300. The van der Waals surface area contributed by atoms with Crippen molar-refractivity contribution in [3.8, 4) is 28.0 Å². The Labute approximate surface area is 184 Å². The number of ether oxygens (including phenoxy) is 3. The van der Waals surface area contributed by atoms with Crippen molar-refractivity contribution < 1.29 is 23.5 Å². The Balaban J connectivity index is 1.60. The second-order valence-corrected chi connectivity index (χ2v) is 7.87. The zero-order valence-electron chi connectivity index (χ0n) is 17.8. The van der Waals surface area contributed by atoms with Crippen molar-refractivity contribution in [1.29, 1.82) is 0 Å². The molecule has 1 amide bonds. The van der Waals surface area contributed by atoms with Crippen LogP contribution in [0.1, 0.15) is 55.7 Å². The SMILES string of the molecule is CCOc1cc(C(=O)Nc2ccsc2-c2nc(C3CC3)no2)cc(OCC)c1OCC. The molecule has 9 heteroatoms. The third-order valence-corrected chi connectivity index (χ3v) is 5.57. The molecule has 2 heterocycles. The van der Waals surface area contributed by atoms with Crippen LogP contribution in [0.15, 0.2) is 28.1 Å². The van der Waals surface area contributed by atoms with E-state index in [2.05, 4.69) is 15.5 Å². The number of thiophene rings is 1. The van der Waals surface area contributed by atoms with Gasteiger partial charge >= 0.3 is 0 Å². The van der Waals surface area contributed by atoms with E-state index in [0.29, 0.717) is 60.1 Å². The number of aromatic nitrogens is 2. The van der Waals surface area contributed by atoms with Crippen LogP contribution in [0.4, 0.5) is 5.69 Å². The summed E-state index contributed by atoms with van der Waals surface area (Å²) in [6.45, 7) is 6.96. The normalized spacial score (nSPS) is 13.1. The van der Waals surface area contributed by atoms with Crippen molar-refractivity contribution >= 4 is 22.9 Å². The van der Waals surface area contributed by atoms with E-state index in [1.807, 2.05) is 32.2 Å². The van der Waals surface area contributed by atoms with Crippen LogP contribution in [-0.2, 0) is 0 Å². The standard InChI is InChI=1S/C22H25N3O5S/c1-4-27-16-11-14(12-17(28-5-2)18(16)29-6-3)21(26)23-15-9-10-31-19(15)22-24-20(25-30-22)13-7-8-13/h9-13H,4-8H2,1-3H3,(H,23,26). The molecular weight excluding hydrogens is 418 g/mol. The van der Waals surface area contributed by atoms with Crippen molar-refractivity contribution in [2.45, 2.75) is 39.5 Å². The van der Waals surface area contributed by atoms with Crippen LogP contribution in [0, 0.1) is 0 Å². The van der Waals surface area contributed by atoms with E-state index in [1.54, 1.807) is 12.1 Å². The molecule has 3 aromatic rings. The molecule has 1 fully saturated rings. The minimum absolute atomic E-state index is 0.300. The van der Waals surface area contributed by atoms with Crippen LogP contribution in [0.2, 0.25) is 0 Å². The second kappa shape index (κ2) is 9.38. The predicted molar refractivity (Wildman–Crippen MR) is 117 cm³/mol. The van der Waals surface area contributed by atoms with Gasteiger partial charge in [-0.25, -0.2) is 0 Å². The predicted octanol–water partition coefficient (Wildman–Crippen LogP) is 5.12. The highest BCUT2D eigenvalue weighted by molar-refractivity contribution is 7.14. The van der Waals surface area contributed by atoms with Gasteiger partial charge in [-0.2, -0.15) is 4.98 Å². The van der Waals surface area contributed by atoms with E-state index in [1.165, 1.54) is 11.3 Å². The highest BCUT2D eigenvalue weighted by atomic mass is 32.1. The van der Waals surface area contributed by atoms with Gasteiger partial charge in [0.1, 0.15) is 4.88 Å². The lowest BCUT2D eigenvalue weighted by Crippen LogP contribution is -2.13. The van der Waals surface area contributed by atoms with Crippen LogP contribution in [-0.4, -0.2) is 35.9 Å². The summed E-state index contributed by atoms with van der Waals surface area (Å²) in [6, 6.07) is 5.15. The first kappa shape index (κ1) is 21.2. The maximum Gasteiger partial charge on any atom is 0.270 e. The fraction of sp³-hybridized carbons (Fsp3) is 0.409. The van der Waals surface area contributed by atoms with Crippen LogP contribution < -0.4 is 19.5 Å². The number of anilines is 1. The molecule has 0 radical (unpaired) electrons. The molecule has 0 saturated heterocycles. The Morgan fingerprint density at radius 3 is 2.42 bits per heavy atom. The lowest BCUT2D eigenvalue weighted by atomic mass is 10.1. The molecule has 0 aliphatic heterocycles. The number of carbonyl (C=O) groups is 1. The van der Waals surface area contributed by atoms with Gasteiger partial charge in [-0.1, -0.05) is 5.16 Å². The molecule has 1 aliphatic carbocycles. The Morgan fingerprint density at radius 1 is 1.13 bits per heavy atom. The maximum absolute atomic E-state index is 13.1. The number of carbonyl (C=O) groups excluding carboxylic acids is 1. The van der Waals surface area contributed by atoms with Crippen LogP contribution in [0.3, 0.4) is 0 Å². The number of hydrogen-bond acceptors (Lipinski definition) is 8. The quantitative estimate of drug-likeness (QED) is 0.464. The lowest BCUT2D eigenvalue weighted by molar-refractivity contribution is 0.102. The topological polar surface area (TPSA) is 95.7 Å². The molecule has 1 saturated carbocycles. The first-order chi connectivity index (χ1) is 15.1. The molecule has 8 nitrogen and oxygen atoms in total. The first-order valence-electron chi connectivity index (χ1n) is 10.4. The van der Waals surface area contributed by atoms with E-state index >= 15 is 0 Å². The number of nitrogens with one attached hydrogen (secondary N) is 1. The Morgan fingerprint density at radius 2 is 1.81 bits per heavy atom. The largest absolute Gasteiger partial charge is 0.490 e. The van der Waals surface area contributed by atoms with Crippen molar-refractivity contribution in [2.75, 3.05) is 25.1 Å². The molecule has 0 spiro atoms. The van der Waals surface area contributed by atoms with Gasteiger partial charge in [0.15, 0.2) is 17.3 Å². The van der Waals surface area contributed by atoms with Crippen LogP contribution in [0.5, 0.6) is 17.2 Å². The van der Waals surface area contributed by atoms with Gasteiger partial charge in [-0.15, -0.1) is 11.3 Å². The number of nitrogens with zero attached hydrogens (tertiary/aromatic N) is 2. The summed E-state index contributed by atoms with van der Waals surface area (Å²) in [5.41, 5.74) is 1.02. The summed E-state index contributed by atoms with van der Waals surface area (Å²) in [5, 5.41) is 8.88. The zero-order chi connectivity index (χ0) is 21.8. The molecule has 1 aliphatic rings. The molecule has 1 N–H and O–H groups in total. The Kier molecular flexibility index (Phi) is 6.41. The summed E-state index contributed by atoms with van der Waals surface area (Å²) in [6.07, 6.45) is 2.18. The zero-order valence-corrected chi connectivity index (χ0v) is 18.6. The van der Waals surface area contributed by atoms with Crippen LogP contribution >= 0.6 is 11.3 Å². The molecule has 1 aromatic carbocycles. The Hall–Kier alpha value is -3.07. The highest BCUT2D eigenvalue weighted by Gasteiger charge is 2.29. The molecule has 0 atom stereocenters. The fourth-order valence-corrected chi connectivity index (χ4v) is 3.89. The monoisotopic (exact) mass is 443 g/mol. The third kappa shape index (κ3) is 4.66. The summed E-state index contributed by atoms with van der Waals surface area (Å²) in [7, 11) is 0. The van der Waals surface area contributed by atoms with E-state index < -0.39 is 0 Å². The van der Waals surface area contributed by atoms with Crippen LogP contribution in [0.25, 0.3) is 10.8 Å². The van der Waals surface area contributed by atoms with Crippen molar-refractivity contribution in [1.82, 2.24) is 10.1 Å². The van der Waals surface area contributed by atoms with Gasteiger partial charge in [-0.05, 0) is 57.2 Å². The highest BCUT2D eigenvalue weighted by Crippen LogP contribution is 2.41. The van der Waals surface area contributed by atoms with Crippen molar-refractivity contribution in [2.24, 2.45) is 0 Å². The van der Waals surface area contributed by atoms with E-state index in [0.717, 1.165) is 23.5 Å². The lowest BCUT2D eigenvalue weighted by Gasteiger charge is -2.17. The summed E-state index contributed by atoms with van der Waals surface area (Å²) in [4.78, 5) is 18.3. The molecular formula is C22H25N3O5S. The average molecular weight is 444 g/mol. The number of amides is 1. The molecule has 164 valence electrons. The van der Waals surface area contributed by atoms with Gasteiger partial charge in [0.2, 0.25) is 5.75 Å². The number of benzene rings is 1. The third-order valence-electron chi connectivity index (χ3n) is 4.66. The molecule has 4 rings (SSSR count). The fourth-order valence-electron chi connectivity index (χ4n) is 3.12. The first-order valence-corrected chi connectivity index (χ1v) is 11.3. The van der Waals surface area contributed by atoms with Gasteiger partial charge < -0.3 is 24.1 Å². The van der Waals surface area contributed by atoms with Crippen molar-refractivity contribution in [3.63, 3.8) is 0 Å². The van der Waals surface area contributed by atoms with Gasteiger partial charge in [-0.3, -0.25) is 4.79 Å². The van der Waals surface area contributed by atoms with Gasteiger partial charge in [0, 0.05) is 11.5 Å². The van der Waals surface area contributed by atoms with E-state index in [-0.39, 0.29) is 5.91 Å². The smallest absolute Gasteiger partial charge is 0.270 e.